The Bertz CT molecular complexity index is 1460. The second kappa shape index (κ2) is 11.4. The zero-order chi connectivity index (χ0) is 26.6. The molecule has 0 unspecified atom stereocenters. The van der Waals surface area contributed by atoms with E-state index in [1.807, 2.05) is 30.3 Å². The molecule has 1 aliphatic rings. The van der Waals surface area contributed by atoms with Crippen LogP contribution in [0.15, 0.2) is 34.7 Å². The molecule has 4 aromatic rings. The SMILES string of the molecule is CN1CCN(CCCCCCNc2nc3sc(C(N)=O)c(N)c3c(-c3cc4ccccc4o3)c2C#N)CC1. The van der Waals surface area contributed by atoms with Gasteiger partial charge in [-0.2, -0.15) is 5.26 Å². The molecule has 0 atom stereocenters. The van der Waals surface area contributed by atoms with Gasteiger partial charge in [-0.15, -0.1) is 11.3 Å². The minimum atomic E-state index is -0.620. The van der Waals surface area contributed by atoms with Crippen molar-refractivity contribution in [2.24, 2.45) is 5.73 Å². The number of thiophene rings is 1. The standard InChI is InChI=1S/C28H33N7O2S/c1-34-12-14-35(15-13-34)11-7-3-2-6-10-32-27-19(17-29)22(21-16-18-8-4-5-9-20(18)37-21)23-24(30)25(26(31)36)38-28(23)33-27/h4-5,8-9,16H,2-3,6-7,10-15,30H2,1H3,(H2,31,36)(H,32,33). The summed E-state index contributed by atoms with van der Waals surface area (Å²) in [4.78, 5) is 22.4. The first-order valence-corrected chi connectivity index (χ1v) is 13.9. The smallest absolute Gasteiger partial charge is 0.260 e. The predicted octanol–water partition coefficient (Wildman–Crippen LogP) is 4.48. The van der Waals surface area contributed by atoms with Crippen LogP contribution in [0.4, 0.5) is 11.5 Å². The Morgan fingerprint density at radius 2 is 1.95 bits per heavy atom. The molecule has 10 heteroatoms. The number of nitrogens with zero attached hydrogens (tertiary/aromatic N) is 4. The van der Waals surface area contributed by atoms with Gasteiger partial charge in [-0.1, -0.05) is 31.0 Å². The summed E-state index contributed by atoms with van der Waals surface area (Å²) in [5.74, 6) is 0.346. The second-order valence-corrected chi connectivity index (χ2v) is 10.8. The average Bonchev–Trinajstić information content (AvgIpc) is 3.49. The number of fused-ring (bicyclic) bond motifs is 2. The number of hydrogen-bond donors (Lipinski definition) is 3. The van der Waals surface area contributed by atoms with Crippen LogP contribution in [0.2, 0.25) is 0 Å². The third-order valence-corrected chi connectivity index (χ3v) is 8.29. The minimum absolute atomic E-state index is 0.226. The molecule has 38 heavy (non-hydrogen) atoms. The lowest BCUT2D eigenvalue weighted by Crippen LogP contribution is -2.44. The molecule has 5 N–H and O–H groups in total. The van der Waals surface area contributed by atoms with Crippen molar-refractivity contribution in [2.75, 3.05) is 57.4 Å². The van der Waals surface area contributed by atoms with Crippen LogP contribution in [-0.4, -0.2) is 67.0 Å². The molecule has 0 saturated carbocycles. The number of piperazine rings is 1. The Morgan fingerprint density at radius 3 is 2.68 bits per heavy atom. The van der Waals surface area contributed by atoms with Gasteiger partial charge in [-0.3, -0.25) is 4.79 Å². The van der Waals surface area contributed by atoms with E-state index in [-0.39, 0.29) is 10.6 Å². The molecule has 0 aliphatic carbocycles. The van der Waals surface area contributed by atoms with Crippen molar-refractivity contribution in [3.05, 3.63) is 40.8 Å². The van der Waals surface area contributed by atoms with Gasteiger partial charge in [0.05, 0.1) is 11.3 Å². The molecule has 5 rings (SSSR count). The highest BCUT2D eigenvalue weighted by Crippen LogP contribution is 2.44. The third-order valence-electron chi connectivity index (χ3n) is 7.17. The highest BCUT2D eigenvalue weighted by Gasteiger charge is 2.26. The van der Waals surface area contributed by atoms with E-state index in [1.54, 1.807) is 0 Å². The fraction of sp³-hybridized carbons (Fsp3) is 0.393. The minimum Gasteiger partial charge on any atom is -0.456 e. The van der Waals surface area contributed by atoms with Crippen LogP contribution in [0.5, 0.6) is 0 Å². The number of nitrogens with one attached hydrogen (secondary N) is 1. The lowest BCUT2D eigenvalue weighted by molar-refractivity contribution is 0.100. The zero-order valence-corrected chi connectivity index (χ0v) is 22.4. The molecule has 9 nitrogen and oxygen atoms in total. The maximum Gasteiger partial charge on any atom is 0.260 e. The fourth-order valence-electron chi connectivity index (χ4n) is 5.02. The molecule has 1 aromatic carbocycles. The van der Waals surface area contributed by atoms with E-state index < -0.39 is 5.91 Å². The number of likely N-dealkylation sites (N-methyl/N-ethyl adjacent to an activating group) is 1. The van der Waals surface area contributed by atoms with Crippen LogP contribution >= 0.6 is 11.3 Å². The zero-order valence-electron chi connectivity index (χ0n) is 21.6. The van der Waals surface area contributed by atoms with E-state index >= 15 is 0 Å². The molecule has 198 valence electrons. The lowest BCUT2D eigenvalue weighted by Gasteiger charge is -2.32. The number of anilines is 2. The van der Waals surface area contributed by atoms with Crippen LogP contribution in [0.3, 0.4) is 0 Å². The molecule has 0 spiro atoms. The number of rotatable bonds is 10. The number of carbonyl (C=O) groups is 1. The van der Waals surface area contributed by atoms with Crippen molar-refractivity contribution in [2.45, 2.75) is 25.7 Å². The molecular formula is C28H33N7O2S. The first-order chi connectivity index (χ1) is 18.5. The maximum atomic E-state index is 12.0. The maximum absolute atomic E-state index is 12.0. The highest BCUT2D eigenvalue weighted by molar-refractivity contribution is 7.21. The van der Waals surface area contributed by atoms with E-state index in [4.69, 9.17) is 20.9 Å². The van der Waals surface area contributed by atoms with Crippen molar-refractivity contribution in [1.29, 1.82) is 5.26 Å². The van der Waals surface area contributed by atoms with Crippen LogP contribution < -0.4 is 16.8 Å². The summed E-state index contributed by atoms with van der Waals surface area (Å²) in [6.07, 6.45) is 4.42. The lowest BCUT2D eigenvalue weighted by atomic mass is 10.0. The number of furan rings is 1. The topological polar surface area (TPSA) is 137 Å². The highest BCUT2D eigenvalue weighted by atomic mass is 32.1. The van der Waals surface area contributed by atoms with Gasteiger partial charge < -0.3 is 31.0 Å². The summed E-state index contributed by atoms with van der Waals surface area (Å²) in [5, 5.41) is 15.0. The van der Waals surface area contributed by atoms with Crippen molar-refractivity contribution < 1.29 is 9.21 Å². The summed E-state index contributed by atoms with van der Waals surface area (Å²) in [5.41, 5.74) is 13.7. The van der Waals surface area contributed by atoms with Gasteiger partial charge in [0.15, 0.2) is 0 Å². The summed E-state index contributed by atoms with van der Waals surface area (Å²) < 4.78 is 6.13. The number of amides is 1. The summed E-state index contributed by atoms with van der Waals surface area (Å²) in [7, 11) is 2.18. The van der Waals surface area contributed by atoms with Crippen LogP contribution in [-0.2, 0) is 0 Å². The van der Waals surface area contributed by atoms with E-state index in [2.05, 4.69) is 28.2 Å². The average molecular weight is 532 g/mol. The Kier molecular flexibility index (Phi) is 7.79. The molecule has 1 fully saturated rings. The summed E-state index contributed by atoms with van der Waals surface area (Å²) in [6, 6.07) is 11.8. The van der Waals surface area contributed by atoms with Crippen molar-refractivity contribution in [1.82, 2.24) is 14.8 Å². The number of carbonyl (C=O) groups excluding carboxylic acids is 1. The number of unbranched alkanes of at least 4 members (excludes halogenated alkanes) is 3. The van der Waals surface area contributed by atoms with Crippen molar-refractivity contribution in [3.63, 3.8) is 0 Å². The number of nitrogen functional groups attached to an aromatic ring is 1. The van der Waals surface area contributed by atoms with Gasteiger partial charge in [0.1, 0.15) is 38.5 Å². The van der Waals surface area contributed by atoms with Crippen molar-refractivity contribution in [3.8, 4) is 17.4 Å². The van der Waals surface area contributed by atoms with Gasteiger partial charge in [-0.05, 0) is 38.6 Å². The van der Waals surface area contributed by atoms with Gasteiger partial charge in [0, 0.05) is 43.5 Å². The van der Waals surface area contributed by atoms with E-state index in [0.29, 0.717) is 45.0 Å². The number of pyridine rings is 1. The quantitative estimate of drug-likeness (QED) is 0.255. The Labute approximate surface area is 226 Å². The number of aromatic nitrogens is 1. The Morgan fingerprint density at radius 1 is 1.18 bits per heavy atom. The van der Waals surface area contributed by atoms with Gasteiger partial charge in [0.25, 0.3) is 5.91 Å². The molecule has 0 bridgehead atoms. The van der Waals surface area contributed by atoms with E-state index in [1.165, 1.54) is 12.8 Å². The third kappa shape index (κ3) is 5.31. The molecule has 1 saturated heterocycles. The van der Waals surface area contributed by atoms with Gasteiger partial charge >= 0.3 is 0 Å². The number of hydrogen-bond acceptors (Lipinski definition) is 9. The van der Waals surface area contributed by atoms with Crippen LogP contribution in [0.1, 0.15) is 40.9 Å². The normalized spacial score (nSPS) is 14.7. The first-order valence-electron chi connectivity index (χ1n) is 13.1. The monoisotopic (exact) mass is 531 g/mol. The number of nitriles is 1. The van der Waals surface area contributed by atoms with Crippen LogP contribution in [0.25, 0.3) is 32.5 Å². The summed E-state index contributed by atoms with van der Waals surface area (Å²) in [6.45, 7) is 6.44. The molecule has 1 aliphatic heterocycles. The predicted molar refractivity (Wildman–Crippen MR) is 153 cm³/mol. The summed E-state index contributed by atoms with van der Waals surface area (Å²) >= 11 is 1.14. The van der Waals surface area contributed by atoms with Crippen LogP contribution in [0, 0.1) is 11.3 Å². The van der Waals surface area contributed by atoms with Crippen molar-refractivity contribution >= 4 is 49.9 Å². The molecule has 1 amide bonds. The number of benzene rings is 1. The molecule has 3 aromatic heterocycles. The number of primary amides is 1. The Balaban J connectivity index is 1.34. The van der Waals surface area contributed by atoms with Gasteiger partial charge in [0.2, 0.25) is 0 Å². The second-order valence-electron chi connectivity index (χ2n) is 9.85. The fourth-order valence-corrected chi connectivity index (χ4v) is 5.97. The number of para-hydroxylation sites is 1. The molecule has 4 heterocycles. The Hall–Kier alpha value is -3.65. The van der Waals surface area contributed by atoms with E-state index in [0.717, 1.165) is 62.3 Å². The van der Waals surface area contributed by atoms with Gasteiger partial charge in [-0.25, -0.2) is 4.98 Å². The first kappa shape index (κ1) is 26.0. The largest absolute Gasteiger partial charge is 0.456 e. The van der Waals surface area contributed by atoms with E-state index in [9.17, 15) is 10.1 Å². The number of nitrogens with two attached hydrogens (primary N) is 2. The molecule has 0 radical (unpaired) electrons. The molecular weight excluding hydrogens is 498 g/mol.